The molecule has 2 N–H and O–H groups in total. The van der Waals surface area contributed by atoms with Crippen molar-refractivity contribution >= 4 is 0 Å². The van der Waals surface area contributed by atoms with Crippen LogP contribution in [0.5, 0.6) is 5.75 Å². The van der Waals surface area contributed by atoms with Crippen molar-refractivity contribution in [3.05, 3.63) is 65.2 Å². The molecular weight excluding hydrogens is 500 g/mol. The van der Waals surface area contributed by atoms with Crippen molar-refractivity contribution in [3.8, 4) is 5.75 Å². The summed E-state index contributed by atoms with van der Waals surface area (Å²) in [4.78, 5) is 0. The number of aliphatic hydroxyl groups is 1. The summed E-state index contributed by atoms with van der Waals surface area (Å²) in [5, 5.41) is 21.2. The molecule has 5 nitrogen and oxygen atoms in total. The van der Waals surface area contributed by atoms with E-state index in [2.05, 4.69) is 32.0 Å². The third-order valence-electron chi connectivity index (χ3n) is 10.8. The van der Waals surface area contributed by atoms with Crippen molar-refractivity contribution in [2.75, 3.05) is 33.0 Å². The maximum atomic E-state index is 11.0. The van der Waals surface area contributed by atoms with Crippen LogP contribution in [-0.2, 0) is 27.2 Å². The molecular formula is C35H50O5. The van der Waals surface area contributed by atoms with Gasteiger partial charge in [0.25, 0.3) is 0 Å². The Morgan fingerprint density at radius 3 is 2.38 bits per heavy atom. The van der Waals surface area contributed by atoms with Gasteiger partial charge in [0.15, 0.2) is 0 Å². The monoisotopic (exact) mass is 550 g/mol. The summed E-state index contributed by atoms with van der Waals surface area (Å²) in [5.74, 6) is 2.02. The van der Waals surface area contributed by atoms with Gasteiger partial charge in [-0.2, -0.15) is 0 Å². The minimum Gasteiger partial charge on any atom is -0.508 e. The first kappa shape index (κ1) is 29.6. The number of unbranched alkanes of at least 4 members (excludes halogenated alkanes) is 1. The first-order valence-corrected chi connectivity index (χ1v) is 15.7. The molecule has 0 radical (unpaired) electrons. The normalized spacial score (nSPS) is 31.0. The molecule has 2 aromatic carbocycles. The summed E-state index contributed by atoms with van der Waals surface area (Å²) in [6.07, 6.45) is 9.44. The standard InChI is InChI=1S/C35H50O5/c1-34-17-16-31-30-13-12-29(36)24-27(30)23-28(35(31,2)32(34)14-15-33(34)37)11-6-7-18-38-21-22-39-19-8-20-40-25-26-9-4-3-5-10-26/h3-5,9-10,12-13,24,28,31-33,36-37H,6-8,11,14-23,25H2,1-2H3/t28-,31-,32-,33+,34+,35-/m1/s1. The minimum atomic E-state index is -0.172. The lowest BCUT2D eigenvalue weighted by Gasteiger charge is -2.60. The predicted molar refractivity (Wildman–Crippen MR) is 158 cm³/mol. The van der Waals surface area contributed by atoms with Gasteiger partial charge in [-0.25, -0.2) is 0 Å². The van der Waals surface area contributed by atoms with E-state index >= 15 is 0 Å². The van der Waals surface area contributed by atoms with Crippen LogP contribution in [0.15, 0.2) is 48.5 Å². The van der Waals surface area contributed by atoms with Crippen LogP contribution in [0, 0.1) is 22.7 Å². The van der Waals surface area contributed by atoms with Crippen molar-refractivity contribution in [2.45, 2.75) is 90.3 Å². The van der Waals surface area contributed by atoms with Crippen LogP contribution in [0.1, 0.15) is 87.8 Å². The van der Waals surface area contributed by atoms with Crippen LogP contribution in [-0.4, -0.2) is 49.4 Å². The summed E-state index contributed by atoms with van der Waals surface area (Å²) in [6, 6.07) is 16.3. The molecule has 220 valence electrons. The lowest BCUT2D eigenvalue weighted by molar-refractivity contribution is -0.0944. The SMILES string of the molecule is C[C@]12CC[C@@H]3c4ccc(O)cc4C[C@@H](CCCCOCCOCCCOCc4ccccc4)[C@@]3(C)[C@@H]1CC[C@@H]2O. The second kappa shape index (κ2) is 13.4. The summed E-state index contributed by atoms with van der Waals surface area (Å²) < 4.78 is 17.3. The van der Waals surface area contributed by atoms with E-state index in [0.717, 1.165) is 58.0 Å². The van der Waals surface area contributed by atoms with Crippen LogP contribution in [0.4, 0.5) is 0 Å². The number of fused-ring (bicyclic) bond motifs is 5. The van der Waals surface area contributed by atoms with Crippen molar-refractivity contribution in [3.63, 3.8) is 0 Å². The Hall–Kier alpha value is -1.92. The van der Waals surface area contributed by atoms with E-state index in [1.165, 1.54) is 23.1 Å². The Morgan fingerprint density at radius 2 is 1.57 bits per heavy atom. The zero-order chi connectivity index (χ0) is 28.0. The number of hydrogen-bond donors (Lipinski definition) is 2. The van der Waals surface area contributed by atoms with Crippen LogP contribution in [0.2, 0.25) is 0 Å². The molecule has 6 atom stereocenters. The molecule has 2 aromatic rings. The van der Waals surface area contributed by atoms with Gasteiger partial charge >= 0.3 is 0 Å². The largest absolute Gasteiger partial charge is 0.508 e. The van der Waals surface area contributed by atoms with Crippen molar-refractivity contribution in [1.82, 2.24) is 0 Å². The second-order valence-electron chi connectivity index (χ2n) is 13.0. The number of aromatic hydroxyl groups is 1. The topological polar surface area (TPSA) is 68.2 Å². The molecule has 0 aliphatic heterocycles. The molecule has 0 aromatic heterocycles. The van der Waals surface area contributed by atoms with Crippen molar-refractivity contribution < 1.29 is 24.4 Å². The Kier molecular flexibility index (Phi) is 9.89. The smallest absolute Gasteiger partial charge is 0.115 e. The molecule has 40 heavy (non-hydrogen) atoms. The second-order valence-corrected chi connectivity index (χ2v) is 13.0. The van der Waals surface area contributed by atoms with Gasteiger partial charge in [0.2, 0.25) is 0 Å². The van der Waals surface area contributed by atoms with Gasteiger partial charge in [-0.15, -0.1) is 0 Å². The molecule has 5 heteroatoms. The van der Waals surface area contributed by atoms with Crippen LogP contribution >= 0.6 is 0 Å². The van der Waals surface area contributed by atoms with E-state index in [-0.39, 0.29) is 16.9 Å². The van der Waals surface area contributed by atoms with Gasteiger partial charge in [-0.3, -0.25) is 0 Å². The summed E-state index contributed by atoms with van der Waals surface area (Å²) in [6.45, 7) is 9.00. The molecule has 3 aliphatic carbocycles. The van der Waals surface area contributed by atoms with E-state index in [0.29, 0.717) is 56.5 Å². The highest BCUT2D eigenvalue weighted by molar-refractivity contribution is 5.42. The highest BCUT2D eigenvalue weighted by Crippen LogP contribution is 2.68. The Morgan fingerprint density at radius 1 is 0.825 bits per heavy atom. The summed E-state index contributed by atoms with van der Waals surface area (Å²) in [5.41, 5.74) is 4.22. The van der Waals surface area contributed by atoms with Gasteiger partial charge in [0.05, 0.1) is 25.9 Å². The summed E-state index contributed by atoms with van der Waals surface area (Å²) >= 11 is 0. The fraction of sp³-hybridized carbons (Fsp3) is 0.657. The number of benzene rings is 2. The Bertz CT molecular complexity index is 1070. The average molecular weight is 551 g/mol. The first-order valence-electron chi connectivity index (χ1n) is 15.7. The molecule has 0 bridgehead atoms. The maximum Gasteiger partial charge on any atom is 0.115 e. The number of hydrogen-bond acceptors (Lipinski definition) is 5. The Labute approximate surface area is 241 Å². The number of aliphatic hydroxyl groups excluding tert-OH is 1. The number of ether oxygens (including phenoxy) is 3. The zero-order valence-corrected chi connectivity index (χ0v) is 24.7. The minimum absolute atomic E-state index is 0.0368. The van der Waals surface area contributed by atoms with Crippen molar-refractivity contribution in [1.29, 1.82) is 0 Å². The fourth-order valence-corrected chi connectivity index (χ4v) is 8.60. The van der Waals surface area contributed by atoms with Crippen LogP contribution in [0.25, 0.3) is 0 Å². The van der Waals surface area contributed by atoms with Crippen LogP contribution < -0.4 is 0 Å². The lowest BCUT2D eigenvalue weighted by Crippen LogP contribution is -2.54. The fourth-order valence-electron chi connectivity index (χ4n) is 8.60. The molecule has 0 spiro atoms. The van der Waals surface area contributed by atoms with Gasteiger partial charge < -0.3 is 24.4 Å². The number of rotatable bonds is 14. The molecule has 3 aliphatic rings. The van der Waals surface area contributed by atoms with Gasteiger partial charge in [0.1, 0.15) is 5.75 Å². The van der Waals surface area contributed by atoms with Gasteiger partial charge in [0, 0.05) is 19.8 Å². The average Bonchev–Trinajstić information content (AvgIpc) is 3.26. The van der Waals surface area contributed by atoms with Gasteiger partial charge in [-0.1, -0.05) is 56.7 Å². The maximum absolute atomic E-state index is 11.0. The van der Waals surface area contributed by atoms with E-state index in [1.807, 2.05) is 30.3 Å². The molecule has 2 saturated carbocycles. The van der Waals surface area contributed by atoms with E-state index < -0.39 is 0 Å². The van der Waals surface area contributed by atoms with E-state index in [9.17, 15) is 10.2 Å². The molecule has 0 heterocycles. The van der Waals surface area contributed by atoms with E-state index in [1.54, 1.807) is 0 Å². The highest BCUT2D eigenvalue weighted by Gasteiger charge is 2.62. The van der Waals surface area contributed by atoms with Gasteiger partial charge in [-0.05, 0) is 109 Å². The van der Waals surface area contributed by atoms with Crippen molar-refractivity contribution in [2.24, 2.45) is 22.7 Å². The first-order chi connectivity index (χ1) is 19.4. The zero-order valence-electron chi connectivity index (χ0n) is 24.7. The molecule has 0 unspecified atom stereocenters. The van der Waals surface area contributed by atoms with E-state index in [4.69, 9.17) is 14.2 Å². The Balaban J connectivity index is 1.03. The number of phenolic OH excluding ortho intramolecular Hbond substituents is 1. The third-order valence-corrected chi connectivity index (χ3v) is 10.8. The molecule has 0 saturated heterocycles. The molecule has 0 amide bonds. The number of phenols is 1. The highest BCUT2D eigenvalue weighted by atomic mass is 16.5. The molecule has 2 fully saturated rings. The van der Waals surface area contributed by atoms with Crippen LogP contribution in [0.3, 0.4) is 0 Å². The quantitative estimate of drug-likeness (QED) is 0.247. The predicted octanol–water partition coefficient (Wildman–Crippen LogP) is 7.04. The lowest BCUT2D eigenvalue weighted by atomic mass is 9.44. The third kappa shape index (κ3) is 6.28. The summed E-state index contributed by atoms with van der Waals surface area (Å²) in [7, 11) is 0. The molecule has 5 rings (SSSR count).